The van der Waals surface area contributed by atoms with E-state index in [1.165, 1.54) is 21.6 Å². The van der Waals surface area contributed by atoms with Crippen molar-refractivity contribution < 1.29 is 23.9 Å². The number of piperazine rings is 1. The van der Waals surface area contributed by atoms with Crippen molar-refractivity contribution in [2.24, 2.45) is 4.99 Å². The number of ether oxygens (including phenoxy) is 2. The summed E-state index contributed by atoms with van der Waals surface area (Å²) in [4.78, 5) is 54.7. The number of carbonyl (C=O) groups excluding carboxylic acids is 3. The van der Waals surface area contributed by atoms with E-state index in [0.717, 1.165) is 44.2 Å². The number of amides is 2. The number of esters is 1. The van der Waals surface area contributed by atoms with Crippen molar-refractivity contribution in [1.82, 2.24) is 19.7 Å². The fourth-order valence-electron chi connectivity index (χ4n) is 6.87. The van der Waals surface area contributed by atoms with Crippen LogP contribution in [-0.2, 0) is 25.5 Å². The SMILES string of the molecule is CC(C)(C)OC(=O)N(CC(=O)OC(CCCC1=CCCN=C1)CCCc1cccnc1)CC(=O)N1CCN(C(c2ccccc2)c2ccccc2)CC1. The van der Waals surface area contributed by atoms with Gasteiger partial charge >= 0.3 is 12.1 Å². The number of pyridine rings is 1. The van der Waals surface area contributed by atoms with Gasteiger partial charge in [0.15, 0.2) is 0 Å². The molecule has 3 aromatic rings. The van der Waals surface area contributed by atoms with E-state index in [9.17, 15) is 14.4 Å². The Labute approximate surface area is 314 Å². The van der Waals surface area contributed by atoms with Crippen molar-refractivity contribution in [3.8, 4) is 0 Å². The molecule has 2 amide bonds. The molecule has 2 aliphatic heterocycles. The van der Waals surface area contributed by atoms with Gasteiger partial charge < -0.3 is 14.4 Å². The molecule has 0 bridgehead atoms. The Morgan fingerprint density at radius 3 is 2.08 bits per heavy atom. The van der Waals surface area contributed by atoms with Gasteiger partial charge in [-0.25, -0.2) is 4.79 Å². The average molecular weight is 722 g/mol. The van der Waals surface area contributed by atoms with Crippen molar-refractivity contribution in [1.29, 1.82) is 0 Å². The number of hydrogen-bond donors (Lipinski definition) is 0. The first kappa shape index (κ1) is 39.4. The van der Waals surface area contributed by atoms with Crippen LogP contribution in [0.25, 0.3) is 0 Å². The number of nitrogens with zero attached hydrogens (tertiary/aromatic N) is 5. The molecule has 0 aliphatic carbocycles. The molecule has 0 saturated carbocycles. The number of benzene rings is 2. The van der Waals surface area contributed by atoms with Crippen LogP contribution in [0.2, 0.25) is 0 Å². The van der Waals surface area contributed by atoms with Crippen LogP contribution in [0, 0.1) is 0 Å². The number of allylic oxidation sites excluding steroid dienone is 1. The molecule has 0 spiro atoms. The monoisotopic (exact) mass is 721 g/mol. The zero-order chi connectivity index (χ0) is 37.5. The number of rotatable bonds is 16. The first-order chi connectivity index (χ1) is 25.6. The Hall–Kier alpha value is -4.83. The molecule has 0 radical (unpaired) electrons. The molecular weight excluding hydrogens is 667 g/mol. The number of carbonyl (C=O) groups is 3. The molecule has 1 fully saturated rings. The molecule has 1 unspecified atom stereocenters. The number of aliphatic imine (C=N–C) groups is 1. The highest BCUT2D eigenvalue weighted by molar-refractivity contribution is 5.85. The summed E-state index contributed by atoms with van der Waals surface area (Å²) in [6, 6.07) is 24.8. The summed E-state index contributed by atoms with van der Waals surface area (Å²) in [6.07, 6.45) is 12.4. The molecule has 2 aromatic carbocycles. The Kier molecular flexibility index (Phi) is 14.7. The van der Waals surface area contributed by atoms with E-state index >= 15 is 0 Å². The molecule has 1 aromatic heterocycles. The maximum atomic E-state index is 13.8. The van der Waals surface area contributed by atoms with Crippen molar-refractivity contribution >= 4 is 24.2 Å². The van der Waals surface area contributed by atoms with Gasteiger partial charge in [-0.1, -0.05) is 72.8 Å². The first-order valence-corrected chi connectivity index (χ1v) is 19.0. The van der Waals surface area contributed by atoms with Crippen LogP contribution in [0.1, 0.15) is 82.0 Å². The van der Waals surface area contributed by atoms with Gasteiger partial charge in [-0.05, 0) is 94.0 Å². The lowest BCUT2D eigenvalue weighted by Gasteiger charge is -2.40. The molecule has 1 atom stereocenters. The third kappa shape index (κ3) is 13.0. The Morgan fingerprint density at radius 1 is 0.830 bits per heavy atom. The lowest BCUT2D eigenvalue weighted by Crippen LogP contribution is -2.53. The number of hydrogen-bond acceptors (Lipinski definition) is 8. The summed E-state index contributed by atoms with van der Waals surface area (Å²) in [5.74, 6) is -0.776. The molecule has 10 heteroatoms. The smallest absolute Gasteiger partial charge is 0.411 e. The normalized spacial score (nSPS) is 15.5. The van der Waals surface area contributed by atoms with E-state index in [1.54, 1.807) is 31.9 Å². The standard InChI is InChI=1S/C43H55N5O5/c1-43(2,3)53-42(51)48(32-39(49)46-26-28-47(29-27-46)41(36-18-6-4-7-19-36)37-20-8-5-9-21-37)33-40(50)52-38(22-10-14-34-16-12-24-44-30-34)23-11-15-35-17-13-25-45-31-35/h4-9,12,16-21,24,30-31,38,41H,10-11,13-15,22-23,25-29,32-33H2,1-3H3. The number of aryl methyl sites for hydroxylation is 1. The Bertz CT molecular complexity index is 1610. The fourth-order valence-corrected chi connectivity index (χ4v) is 6.87. The highest BCUT2D eigenvalue weighted by Gasteiger charge is 2.32. The summed E-state index contributed by atoms with van der Waals surface area (Å²) < 4.78 is 11.7. The molecule has 2 aliphatic rings. The van der Waals surface area contributed by atoms with Gasteiger partial charge in [-0.3, -0.25) is 29.4 Å². The van der Waals surface area contributed by atoms with Gasteiger partial charge in [-0.15, -0.1) is 0 Å². The Balaban J connectivity index is 1.20. The minimum atomic E-state index is -0.802. The lowest BCUT2D eigenvalue weighted by molar-refractivity contribution is -0.151. The van der Waals surface area contributed by atoms with Crippen LogP contribution < -0.4 is 0 Å². The quantitative estimate of drug-likeness (QED) is 0.146. The minimum absolute atomic E-state index is 0.0625. The van der Waals surface area contributed by atoms with Gasteiger partial charge in [0.05, 0.1) is 6.04 Å². The van der Waals surface area contributed by atoms with Crippen LogP contribution in [0.3, 0.4) is 0 Å². The van der Waals surface area contributed by atoms with Gasteiger partial charge in [-0.2, -0.15) is 0 Å². The topological polar surface area (TPSA) is 105 Å². The van der Waals surface area contributed by atoms with Crippen LogP contribution in [0.4, 0.5) is 4.79 Å². The third-order valence-corrected chi connectivity index (χ3v) is 9.49. The van der Waals surface area contributed by atoms with Crippen molar-refractivity contribution in [2.75, 3.05) is 45.8 Å². The first-order valence-electron chi connectivity index (χ1n) is 19.0. The zero-order valence-electron chi connectivity index (χ0n) is 31.6. The lowest BCUT2D eigenvalue weighted by atomic mass is 9.96. The van der Waals surface area contributed by atoms with E-state index in [4.69, 9.17) is 9.47 Å². The largest absolute Gasteiger partial charge is 0.461 e. The number of dihydropyridines is 1. The van der Waals surface area contributed by atoms with Crippen LogP contribution in [0.5, 0.6) is 0 Å². The van der Waals surface area contributed by atoms with E-state index in [1.807, 2.05) is 36.7 Å². The van der Waals surface area contributed by atoms with Crippen molar-refractivity contribution in [3.63, 3.8) is 0 Å². The van der Waals surface area contributed by atoms with E-state index < -0.39 is 17.7 Å². The molecule has 5 rings (SSSR count). The highest BCUT2D eigenvalue weighted by atomic mass is 16.6. The second-order valence-electron chi connectivity index (χ2n) is 14.8. The van der Waals surface area contributed by atoms with Crippen LogP contribution >= 0.6 is 0 Å². The van der Waals surface area contributed by atoms with E-state index in [0.29, 0.717) is 39.0 Å². The maximum Gasteiger partial charge on any atom is 0.411 e. The molecule has 3 heterocycles. The van der Waals surface area contributed by atoms with Gasteiger partial charge in [0.2, 0.25) is 5.91 Å². The summed E-state index contributed by atoms with van der Waals surface area (Å²) in [5.41, 5.74) is 3.94. The van der Waals surface area contributed by atoms with E-state index in [-0.39, 0.29) is 31.1 Å². The van der Waals surface area contributed by atoms with Crippen molar-refractivity contribution in [2.45, 2.75) is 83.5 Å². The Morgan fingerprint density at radius 2 is 1.49 bits per heavy atom. The second-order valence-corrected chi connectivity index (χ2v) is 14.8. The molecule has 0 N–H and O–H groups in total. The summed E-state index contributed by atoms with van der Waals surface area (Å²) >= 11 is 0. The predicted octanol–water partition coefficient (Wildman–Crippen LogP) is 7.06. The molecule has 282 valence electrons. The zero-order valence-corrected chi connectivity index (χ0v) is 31.6. The average Bonchev–Trinajstić information content (AvgIpc) is 3.16. The van der Waals surface area contributed by atoms with Gasteiger partial charge in [0.25, 0.3) is 0 Å². The summed E-state index contributed by atoms with van der Waals surface area (Å²) in [5, 5.41) is 0. The van der Waals surface area contributed by atoms with Gasteiger partial charge in [0, 0.05) is 51.3 Å². The molecular formula is C43H55N5O5. The second kappa shape index (κ2) is 19.9. The van der Waals surface area contributed by atoms with Crippen LogP contribution in [0.15, 0.2) is 102 Å². The van der Waals surface area contributed by atoms with E-state index in [2.05, 4.69) is 69.5 Å². The molecule has 53 heavy (non-hydrogen) atoms. The van der Waals surface area contributed by atoms with Gasteiger partial charge in [0.1, 0.15) is 24.8 Å². The summed E-state index contributed by atoms with van der Waals surface area (Å²) in [6.45, 7) is 7.81. The fraction of sp³-hybridized carbons (Fsp3) is 0.465. The molecule has 1 saturated heterocycles. The van der Waals surface area contributed by atoms with Crippen molar-refractivity contribution in [3.05, 3.63) is 114 Å². The van der Waals surface area contributed by atoms with Crippen LogP contribution in [-0.4, -0.2) is 101 Å². The predicted molar refractivity (Wildman–Crippen MR) is 208 cm³/mol. The highest BCUT2D eigenvalue weighted by Crippen LogP contribution is 2.29. The third-order valence-electron chi connectivity index (χ3n) is 9.49. The minimum Gasteiger partial charge on any atom is -0.461 e. The maximum absolute atomic E-state index is 13.8. The number of aromatic nitrogens is 1. The summed E-state index contributed by atoms with van der Waals surface area (Å²) in [7, 11) is 0. The molecule has 10 nitrogen and oxygen atoms in total.